The third-order valence-corrected chi connectivity index (χ3v) is 7.40. The molecule has 1 aliphatic rings. The first kappa shape index (κ1) is 23.1. The van der Waals surface area contributed by atoms with Crippen LogP contribution in [0.4, 0.5) is 10.9 Å². The van der Waals surface area contributed by atoms with Crippen molar-refractivity contribution in [3.05, 3.63) is 87.4 Å². The Labute approximate surface area is 208 Å². The topological polar surface area (TPSA) is 89.3 Å². The minimum atomic E-state index is -0.322. The lowest BCUT2D eigenvalue weighted by Gasteiger charge is -2.25. The highest BCUT2D eigenvalue weighted by atomic mass is 32.1. The van der Waals surface area contributed by atoms with Crippen LogP contribution in [-0.2, 0) is 12.8 Å². The van der Waals surface area contributed by atoms with Crippen LogP contribution in [0.1, 0.15) is 62.4 Å². The molecule has 2 N–H and O–H groups in total. The zero-order valence-corrected chi connectivity index (χ0v) is 20.9. The fraction of sp³-hybridized carbons (Fsp3) is 0.296. The maximum absolute atomic E-state index is 13.0. The van der Waals surface area contributed by atoms with Gasteiger partial charge in [0.15, 0.2) is 5.76 Å². The minimum Gasteiger partial charge on any atom is -0.496 e. The molecule has 180 valence electrons. The highest BCUT2D eigenvalue weighted by Crippen LogP contribution is 2.46. The van der Waals surface area contributed by atoms with Gasteiger partial charge in [0, 0.05) is 27.4 Å². The number of carbonyl (C=O) groups is 1. The molecule has 0 saturated carbocycles. The number of carbonyl (C=O) groups excluding carboxylic acids is 1. The zero-order chi connectivity index (χ0) is 24.4. The van der Waals surface area contributed by atoms with E-state index in [1.165, 1.54) is 16.7 Å². The van der Waals surface area contributed by atoms with E-state index >= 15 is 0 Å². The van der Waals surface area contributed by atoms with Gasteiger partial charge in [-0.15, -0.1) is 11.3 Å². The fourth-order valence-corrected chi connectivity index (χ4v) is 6.01. The number of amides is 1. The molecule has 4 aromatic rings. The number of fused-ring (bicyclic) bond motifs is 1. The number of aryl methyl sites for hydroxylation is 3. The van der Waals surface area contributed by atoms with E-state index in [1.807, 2.05) is 44.2 Å². The summed E-state index contributed by atoms with van der Waals surface area (Å²) in [5.41, 5.74) is 5.05. The van der Waals surface area contributed by atoms with Crippen LogP contribution in [0.5, 0.6) is 5.75 Å². The largest absolute Gasteiger partial charge is 0.496 e. The van der Waals surface area contributed by atoms with Gasteiger partial charge in [-0.25, -0.2) is 9.97 Å². The summed E-state index contributed by atoms with van der Waals surface area (Å²) in [7, 11) is 1.67. The van der Waals surface area contributed by atoms with Gasteiger partial charge in [0.05, 0.1) is 19.4 Å². The van der Waals surface area contributed by atoms with Gasteiger partial charge < -0.3 is 19.8 Å². The summed E-state index contributed by atoms with van der Waals surface area (Å²) in [6.07, 6.45) is 5.72. The number of para-hydroxylation sites is 1. The Balaban J connectivity index is 1.66. The van der Waals surface area contributed by atoms with Crippen molar-refractivity contribution in [1.82, 2.24) is 9.97 Å². The van der Waals surface area contributed by atoms with Crippen LogP contribution < -0.4 is 15.4 Å². The summed E-state index contributed by atoms with van der Waals surface area (Å²) >= 11 is 1.65. The standard InChI is InChI=1S/C27H28N4O3S/c1-16-15-17(2)29-27(28-16)30-24(18-9-4-6-11-20(18)33-3)23-19-10-5-7-13-22(19)35-26(23)31-25(32)21-12-8-14-34-21/h4,6,8-9,11-12,14-15,24H,5,7,10,13H2,1-3H3,(H,31,32)(H,28,29,30)/t24-/m1/s1. The molecule has 0 radical (unpaired) electrons. The summed E-state index contributed by atoms with van der Waals surface area (Å²) < 4.78 is 11.1. The molecule has 0 saturated heterocycles. The summed E-state index contributed by atoms with van der Waals surface area (Å²) in [5.74, 6) is 1.31. The number of nitrogens with one attached hydrogen (secondary N) is 2. The molecule has 0 unspecified atom stereocenters. The Morgan fingerprint density at radius 1 is 1.09 bits per heavy atom. The van der Waals surface area contributed by atoms with Crippen molar-refractivity contribution in [3.8, 4) is 5.75 Å². The van der Waals surface area contributed by atoms with Gasteiger partial charge in [0.25, 0.3) is 5.91 Å². The van der Waals surface area contributed by atoms with Crippen molar-refractivity contribution < 1.29 is 13.9 Å². The van der Waals surface area contributed by atoms with E-state index < -0.39 is 0 Å². The van der Waals surface area contributed by atoms with E-state index in [0.29, 0.717) is 5.95 Å². The summed E-state index contributed by atoms with van der Waals surface area (Å²) in [6, 6.07) is 13.0. The normalized spacial score (nSPS) is 13.7. The highest BCUT2D eigenvalue weighted by molar-refractivity contribution is 7.16. The number of methoxy groups -OCH3 is 1. The predicted octanol–water partition coefficient (Wildman–Crippen LogP) is 6.09. The Hall–Kier alpha value is -3.65. The average molecular weight is 489 g/mol. The molecule has 0 bridgehead atoms. The number of anilines is 2. The third-order valence-electron chi connectivity index (χ3n) is 6.18. The second-order valence-corrected chi connectivity index (χ2v) is 9.78. The van der Waals surface area contributed by atoms with Gasteiger partial charge in [-0.05, 0) is 69.4 Å². The number of rotatable bonds is 7. The lowest BCUT2D eigenvalue weighted by atomic mass is 9.89. The van der Waals surface area contributed by atoms with E-state index in [4.69, 9.17) is 9.15 Å². The summed E-state index contributed by atoms with van der Waals surface area (Å²) in [5, 5.41) is 7.52. The van der Waals surface area contributed by atoms with Crippen LogP contribution in [0.3, 0.4) is 0 Å². The van der Waals surface area contributed by atoms with Crippen molar-refractivity contribution in [2.75, 3.05) is 17.7 Å². The quantitative estimate of drug-likeness (QED) is 0.327. The number of aromatic nitrogens is 2. The second-order valence-electron chi connectivity index (χ2n) is 8.68. The van der Waals surface area contributed by atoms with Crippen LogP contribution in [-0.4, -0.2) is 23.0 Å². The van der Waals surface area contributed by atoms with Gasteiger partial charge in [-0.2, -0.15) is 0 Å². The molecule has 7 nitrogen and oxygen atoms in total. The first-order valence-electron chi connectivity index (χ1n) is 11.7. The van der Waals surface area contributed by atoms with Crippen LogP contribution in [0.2, 0.25) is 0 Å². The van der Waals surface area contributed by atoms with Crippen LogP contribution in [0, 0.1) is 13.8 Å². The van der Waals surface area contributed by atoms with Gasteiger partial charge in [-0.3, -0.25) is 4.79 Å². The first-order chi connectivity index (χ1) is 17.0. The molecule has 5 rings (SSSR count). The third kappa shape index (κ3) is 4.79. The molecule has 8 heteroatoms. The van der Waals surface area contributed by atoms with Crippen molar-refractivity contribution in [2.45, 2.75) is 45.6 Å². The number of furan rings is 1. The molecule has 1 atom stereocenters. The van der Waals surface area contributed by atoms with Gasteiger partial charge in [0.1, 0.15) is 10.8 Å². The average Bonchev–Trinajstić information content (AvgIpc) is 3.50. The van der Waals surface area contributed by atoms with Crippen molar-refractivity contribution in [3.63, 3.8) is 0 Å². The van der Waals surface area contributed by atoms with Crippen LogP contribution in [0.15, 0.2) is 53.1 Å². The fourth-order valence-electron chi connectivity index (χ4n) is 4.69. The molecular formula is C27H28N4O3S. The van der Waals surface area contributed by atoms with E-state index in [1.54, 1.807) is 30.6 Å². The first-order valence-corrected chi connectivity index (χ1v) is 12.6. The Morgan fingerprint density at radius 3 is 2.60 bits per heavy atom. The molecule has 0 spiro atoms. The van der Waals surface area contributed by atoms with Gasteiger partial charge in [0.2, 0.25) is 5.95 Å². The lowest BCUT2D eigenvalue weighted by molar-refractivity contribution is 0.0997. The molecule has 3 heterocycles. The van der Waals surface area contributed by atoms with Crippen molar-refractivity contribution >= 4 is 28.2 Å². The van der Waals surface area contributed by atoms with E-state index in [2.05, 4.69) is 20.6 Å². The van der Waals surface area contributed by atoms with Crippen LogP contribution in [0.25, 0.3) is 0 Å². The number of ether oxygens (including phenoxy) is 1. The maximum Gasteiger partial charge on any atom is 0.291 e. The predicted molar refractivity (Wildman–Crippen MR) is 138 cm³/mol. The molecular weight excluding hydrogens is 460 g/mol. The number of hydrogen-bond donors (Lipinski definition) is 2. The van der Waals surface area contributed by atoms with Gasteiger partial charge >= 0.3 is 0 Å². The lowest BCUT2D eigenvalue weighted by Crippen LogP contribution is -2.20. The number of thiophene rings is 1. The summed E-state index contributed by atoms with van der Waals surface area (Å²) in [6.45, 7) is 3.92. The maximum atomic E-state index is 13.0. The molecule has 1 aromatic carbocycles. The van der Waals surface area contributed by atoms with Crippen LogP contribution >= 0.6 is 11.3 Å². The monoisotopic (exact) mass is 488 g/mol. The number of benzene rings is 1. The van der Waals surface area contributed by atoms with Crippen molar-refractivity contribution in [1.29, 1.82) is 0 Å². The van der Waals surface area contributed by atoms with Crippen molar-refractivity contribution in [2.24, 2.45) is 0 Å². The minimum absolute atomic E-state index is 0.267. The molecule has 3 aromatic heterocycles. The zero-order valence-electron chi connectivity index (χ0n) is 20.1. The number of nitrogens with zero attached hydrogens (tertiary/aromatic N) is 2. The van der Waals surface area contributed by atoms with E-state index in [-0.39, 0.29) is 17.7 Å². The Bertz CT molecular complexity index is 1330. The molecule has 0 aliphatic heterocycles. The van der Waals surface area contributed by atoms with Gasteiger partial charge in [-0.1, -0.05) is 18.2 Å². The molecule has 35 heavy (non-hydrogen) atoms. The Kier molecular flexibility index (Phi) is 6.55. The Morgan fingerprint density at radius 2 is 1.86 bits per heavy atom. The SMILES string of the molecule is COc1ccccc1[C@@H](Nc1nc(C)cc(C)n1)c1c(NC(=O)c2ccco2)sc2c1CCCC2. The molecule has 1 aliphatic carbocycles. The summed E-state index contributed by atoms with van der Waals surface area (Å²) in [4.78, 5) is 23.6. The molecule has 0 fully saturated rings. The molecule has 1 amide bonds. The second kappa shape index (κ2) is 9.92. The number of hydrogen-bond acceptors (Lipinski definition) is 7. The smallest absolute Gasteiger partial charge is 0.291 e. The van der Waals surface area contributed by atoms with E-state index in [9.17, 15) is 4.79 Å². The highest BCUT2D eigenvalue weighted by Gasteiger charge is 2.31. The van der Waals surface area contributed by atoms with E-state index in [0.717, 1.165) is 58.9 Å².